The van der Waals surface area contributed by atoms with Crippen LogP contribution in [0.25, 0.3) is 0 Å². The van der Waals surface area contributed by atoms with Crippen LogP contribution in [0.4, 0.5) is 5.82 Å². The summed E-state index contributed by atoms with van der Waals surface area (Å²) in [4.78, 5) is 22.6. The molecule has 0 N–H and O–H groups in total. The molecule has 0 radical (unpaired) electrons. The van der Waals surface area contributed by atoms with Gasteiger partial charge in [-0.15, -0.1) is 0 Å². The standard InChI is InChI=1S/C21H29N3O/c1-15-14-23(19-4-2-3-5-22-19)6-7-24(15)20(25)21-11-16-8-17(12-21)10-18(9-16)13-21/h2-5,15-18H,6-14H2,1H3/t15-,16?,17?,18?,21?/m1/s1. The van der Waals surface area contributed by atoms with Gasteiger partial charge in [-0.05, 0) is 75.3 Å². The SMILES string of the molecule is C[C@@H]1CN(c2ccccn2)CCN1C(=O)C12CC3CC(CC(C3)C1)C2. The third-order valence-electron chi connectivity index (χ3n) is 7.35. The number of nitrogens with zero attached hydrogens (tertiary/aromatic N) is 3. The summed E-state index contributed by atoms with van der Waals surface area (Å²) in [5.41, 5.74) is -0.00379. The molecule has 4 heteroatoms. The van der Waals surface area contributed by atoms with Crippen molar-refractivity contribution in [3.8, 4) is 0 Å². The van der Waals surface area contributed by atoms with Crippen LogP contribution in [0.2, 0.25) is 0 Å². The summed E-state index contributed by atoms with van der Waals surface area (Å²) in [7, 11) is 0. The summed E-state index contributed by atoms with van der Waals surface area (Å²) in [5.74, 6) is 4.02. The molecule has 4 aliphatic carbocycles. The van der Waals surface area contributed by atoms with E-state index in [9.17, 15) is 4.79 Å². The van der Waals surface area contributed by atoms with Crippen molar-refractivity contribution in [3.63, 3.8) is 0 Å². The molecule has 5 aliphatic rings. The summed E-state index contributed by atoms with van der Waals surface area (Å²) in [6, 6.07) is 6.35. The molecule has 5 fully saturated rings. The topological polar surface area (TPSA) is 36.4 Å². The van der Waals surface area contributed by atoms with E-state index in [1.807, 2.05) is 18.3 Å². The molecule has 1 aromatic heterocycles. The van der Waals surface area contributed by atoms with Gasteiger partial charge in [-0.3, -0.25) is 4.79 Å². The molecule has 1 aliphatic heterocycles. The Labute approximate surface area is 150 Å². The highest BCUT2D eigenvalue weighted by atomic mass is 16.2. The number of piperazine rings is 1. The van der Waals surface area contributed by atoms with E-state index in [2.05, 4.69) is 27.8 Å². The van der Waals surface area contributed by atoms with Crippen LogP contribution in [-0.2, 0) is 4.79 Å². The number of anilines is 1. The van der Waals surface area contributed by atoms with Crippen molar-refractivity contribution in [1.29, 1.82) is 0 Å². The van der Waals surface area contributed by atoms with E-state index in [0.29, 0.717) is 5.91 Å². The van der Waals surface area contributed by atoms with Gasteiger partial charge in [0.05, 0.1) is 5.41 Å². The van der Waals surface area contributed by atoms with Gasteiger partial charge >= 0.3 is 0 Å². The van der Waals surface area contributed by atoms with E-state index in [4.69, 9.17) is 0 Å². The molecule has 1 aromatic rings. The fourth-order valence-electron chi connectivity index (χ4n) is 6.69. The maximum Gasteiger partial charge on any atom is 0.229 e. The molecule has 6 rings (SSSR count). The molecule has 0 spiro atoms. The number of amides is 1. The molecule has 134 valence electrons. The fourth-order valence-corrected chi connectivity index (χ4v) is 6.69. The Balaban J connectivity index is 1.32. The van der Waals surface area contributed by atoms with Crippen molar-refractivity contribution in [2.45, 2.75) is 51.5 Å². The quantitative estimate of drug-likeness (QED) is 0.829. The average molecular weight is 339 g/mol. The number of hydrogen-bond acceptors (Lipinski definition) is 3. The minimum Gasteiger partial charge on any atom is -0.353 e. The zero-order chi connectivity index (χ0) is 17.0. The molecule has 0 aromatic carbocycles. The second kappa shape index (κ2) is 5.72. The number of hydrogen-bond donors (Lipinski definition) is 0. The molecule has 4 bridgehead atoms. The molecule has 1 amide bonds. The average Bonchev–Trinajstić information content (AvgIpc) is 2.61. The minimum absolute atomic E-state index is 0.00379. The summed E-state index contributed by atoms with van der Waals surface area (Å²) >= 11 is 0. The molecule has 0 unspecified atom stereocenters. The molecule has 2 heterocycles. The molecule has 4 saturated carbocycles. The van der Waals surface area contributed by atoms with E-state index in [1.54, 1.807) is 0 Å². The van der Waals surface area contributed by atoms with E-state index >= 15 is 0 Å². The maximum absolute atomic E-state index is 13.6. The first kappa shape index (κ1) is 15.7. The van der Waals surface area contributed by atoms with Gasteiger partial charge in [-0.25, -0.2) is 4.98 Å². The molecule has 4 nitrogen and oxygen atoms in total. The van der Waals surface area contributed by atoms with E-state index in [0.717, 1.165) is 43.2 Å². The van der Waals surface area contributed by atoms with Gasteiger partial charge in [0.25, 0.3) is 0 Å². The van der Waals surface area contributed by atoms with Crippen molar-refractivity contribution < 1.29 is 4.79 Å². The van der Waals surface area contributed by atoms with Crippen molar-refractivity contribution in [2.24, 2.45) is 23.2 Å². The highest BCUT2D eigenvalue weighted by Crippen LogP contribution is 2.60. The van der Waals surface area contributed by atoms with Crippen molar-refractivity contribution >= 4 is 11.7 Å². The lowest BCUT2D eigenvalue weighted by Gasteiger charge is -2.57. The Morgan fingerprint density at radius 2 is 1.76 bits per heavy atom. The lowest BCUT2D eigenvalue weighted by atomic mass is 9.49. The summed E-state index contributed by atoms with van der Waals surface area (Å²) in [6.45, 7) is 4.86. The number of pyridine rings is 1. The Morgan fingerprint density at radius 3 is 2.32 bits per heavy atom. The van der Waals surface area contributed by atoms with Crippen molar-refractivity contribution in [3.05, 3.63) is 24.4 Å². The van der Waals surface area contributed by atoms with E-state index in [-0.39, 0.29) is 11.5 Å². The van der Waals surface area contributed by atoms with Crippen LogP contribution in [0.15, 0.2) is 24.4 Å². The first-order valence-corrected chi connectivity index (χ1v) is 10.1. The Morgan fingerprint density at radius 1 is 1.08 bits per heavy atom. The number of rotatable bonds is 2. The van der Waals surface area contributed by atoms with Crippen molar-refractivity contribution in [1.82, 2.24) is 9.88 Å². The Kier molecular flexibility index (Phi) is 3.58. The highest BCUT2D eigenvalue weighted by Gasteiger charge is 2.56. The molecule has 1 saturated heterocycles. The van der Waals surface area contributed by atoms with Crippen LogP contribution in [0.5, 0.6) is 0 Å². The third-order valence-corrected chi connectivity index (χ3v) is 7.35. The lowest BCUT2D eigenvalue weighted by Crippen LogP contribution is -2.61. The van der Waals surface area contributed by atoms with Gasteiger partial charge in [-0.2, -0.15) is 0 Å². The van der Waals surface area contributed by atoms with Gasteiger partial charge in [0.15, 0.2) is 0 Å². The van der Waals surface area contributed by atoms with Crippen LogP contribution in [-0.4, -0.2) is 41.5 Å². The van der Waals surface area contributed by atoms with Crippen LogP contribution in [0.3, 0.4) is 0 Å². The van der Waals surface area contributed by atoms with E-state index < -0.39 is 0 Å². The first-order chi connectivity index (χ1) is 12.1. The summed E-state index contributed by atoms with van der Waals surface area (Å²) in [5, 5.41) is 0. The van der Waals surface area contributed by atoms with E-state index in [1.165, 1.54) is 38.5 Å². The van der Waals surface area contributed by atoms with Crippen LogP contribution in [0.1, 0.15) is 45.4 Å². The highest BCUT2D eigenvalue weighted by molar-refractivity contribution is 5.84. The van der Waals surface area contributed by atoms with Gasteiger partial charge in [0.1, 0.15) is 5.82 Å². The van der Waals surface area contributed by atoms with Crippen LogP contribution >= 0.6 is 0 Å². The van der Waals surface area contributed by atoms with Crippen LogP contribution < -0.4 is 4.90 Å². The monoisotopic (exact) mass is 339 g/mol. The fraction of sp³-hybridized carbons (Fsp3) is 0.714. The molecule has 1 atom stereocenters. The summed E-state index contributed by atoms with van der Waals surface area (Å²) < 4.78 is 0. The largest absolute Gasteiger partial charge is 0.353 e. The number of aromatic nitrogens is 1. The smallest absolute Gasteiger partial charge is 0.229 e. The second-order valence-electron chi connectivity index (χ2n) is 9.18. The number of carbonyl (C=O) groups is 1. The maximum atomic E-state index is 13.6. The molecule has 25 heavy (non-hydrogen) atoms. The van der Waals surface area contributed by atoms with Crippen LogP contribution in [0, 0.1) is 23.2 Å². The second-order valence-corrected chi connectivity index (χ2v) is 9.18. The number of carbonyl (C=O) groups excluding carboxylic acids is 1. The normalized spacial score (nSPS) is 39.7. The first-order valence-electron chi connectivity index (χ1n) is 10.1. The molecular weight excluding hydrogens is 310 g/mol. The Bertz CT molecular complexity index is 623. The van der Waals surface area contributed by atoms with Gasteiger partial charge in [0.2, 0.25) is 5.91 Å². The van der Waals surface area contributed by atoms with Crippen molar-refractivity contribution in [2.75, 3.05) is 24.5 Å². The third kappa shape index (κ3) is 2.56. The molecular formula is C21H29N3O. The Hall–Kier alpha value is -1.58. The predicted octanol–water partition coefficient (Wildman–Crippen LogP) is 3.34. The predicted molar refractivity (Wildman–Crippen MR) is 98.2 cm³/mol. The van der Waals surface area contributed by atoms with Gasteiger partial charge in [0, 0.05) is 31.9 Å². The zero-order valence-corrected chi connectivity index (χ0v) is 15.2. The lowest BCUT2D eigenvalue weighted by molar-refractivity contribution is -0.160. The summed E-state index contributed by atoms with van der Waals surface area (Å²) in [6.07, 6.45) is 9.56. The van der Waals surface area contributed by atoms with Gasteiger partial charge < -0.3 is 9.80 Å². The van der Waals surface area contributed by atoms with Gasteiger partial charge in [-0.1, -0.05) is 6.07 Å². The minimum atomic E-state index is -0.00379. The zero-order valence-electron chi connectivity index (χ0n) is 15.2.